The molecule has 1 aromatic rings. The van der Waals surface area contributed by atoms with E-state index in [1.807, 2.05) is 0 Å². The van der Waals surface area contributed by atoms with Crippen LogP contribution >= 0.6 is 23.4 Å². The highest BCUT2D eigenvalue weighted by Crippen LogP contribution is 2.21. The average Bonchev–Trinajstić information content (AvgIpc) is 2.08. The van der Waals surface area contributed by atoms with Gasteiger partial charge < -0.3 is 5.11 Å². The Balaban J connectivity index is 2.55. The Hall–Kier alpha value is -0.740. The molecule has 0 aliphatic heterocycles. The molecule has 0 amide bonds. The molecule has 0 saturated heterocycles. The van der Waals surface area contributed by atoms with Crippen molar-refractivity contribution >= 4 is 29.3 Å². The molecule has 0 radical (unpaired) electrons. The number of hydrogen-bond acceptors (Lipinski definition) is 2. The fraction of sp³-hybridized carbons (Fsp3) is 0.222. The smallest absolute Gasteiger partial charge is 0.313 e. The maximum Gasteiger partial charge on any atom is 0.313 e. The molecule has 0 aliphatic carbocycles. The van der Waals surface area contributed by atoms with E-state index in [1.54, 1.807) is 6.07 Å². The first-order valence-electron chi connectivity index (χ1n) is 3.83. The lowest BCUT2D eigenvalue weighted by Gasteiger charge is -2.02. The highest BCUT2D eigenvalue weighted by atomic mass is 35.5. The molecule has 0 heterocycles. The van der Waals surface area contributed by atoms with Crippen molar-refractivity contribution < 1.29 is 14.3 Å². The molecule has 0 bridgehead atoms. The maximum atomic E-state index is 12.6. The quantitative estimate of drug-likeness (QED) is 0.871. The van der Waals surface area contributed by atoms with Crippen molar-refractivity contribution in [3.63, 3.8) is 0 Å². The van der Waals surface area contributed by atoms with Gasteiger partial charge >= 0.3 is 5.97 Å². The van der Waals surface area contributed by atoms with Gasteiger partial charge in [0.15, 0.2) is 0 Å². The van der Waals surface area contributed by atoms with Gasteiger partial charge in [0.2, 0.25) is 0 Å². The fourth-order valence-corrected chi connectivity index (χ4v) is 1.95. The number of rotatable bonds is 4. The largest absolute Gasteiger partial charge is 0.481 e. The minimum Gasteiger partial charge on any atom is -0.481 e. The minimum atomic E-state index is -0.867. The summed E-state index contributed by atoms with van der Waals surface area (Å²) in [7, 11) is 0. The number of hydrogen-bond donors (Lipinski definition) is 1. The summed E-state index contributed by atoms with van der Waals surface area (Å²) in [4.78, 5) is 10.2. The van der Waals surface area contributed by atoms with E-state index in [-0.39, 0.29) is 11.6 Å². The fourth-order valence-electron chi connectivity index (χ4n) is 0.887. The Morgan fingerprint density at radius 2 is 2.29 bits per heavy atom. The molecule has 1 rings (SSSR count). The van der Waals surface area contributed by atoms with E-state index in [9.17, 15) is 9.18 Å². The van der Waals surface area contributed by atoms with Crippen LogP contribution in [0.5, 0.6) is 0 Å². The molecule has 1 N–H and O–H groups in total. The zero-order valence-corrected chi connectivity index (χ0v) is 8.74. The highest BCUT2D eigenvalue weighted by molar-refractivity contribution is 7.99. The zero-order valence-electron chi connectivity index (χ0n) is 7.17. The lowest BCUT2D eigenvalue weighted by molar-refractivity contribution is -0.133. The molecule has 0 aromatic heterocycles. The molecule has 2 nitrogen and oxygen atoms in total. The second-order valence-electron chi connectivity index (χ2n) is 2.62. The molecule has 0 unspecified atom stereocenters. The van der Waals surface area contributed by atoms with Crippen LogP contribution in [0.1, 0.15) is 5.56 Å². The molecular formula is C9H8ClFO2S. The van der Waals surface area contributed by atoms with Gasteiger partial charge in [-0.25, -0.2) is 4.39 Å². The van der Waals surface area contributed by atoms with Gasteiger partial charge in [0.1, 0.15) is 5.82 Å². The Morgan fingerprint density at radius 1 is 1.57 bits per heavy atom. The van der Waals surface area contributed by atoms with Gasteiger partial charge in [-0.2, -0.15) is 0 Å². The number of carboxylic acid groups (broad SMARTS) is 1. The number of thioether (sulfide) groups is 1. The Kier molecular flexibility index (Phi) is 4.22. The predicted molar refractivity (Wildman–Crippen MR) is 55.2 cm³/mol. The van der Waals surface area contributed by atoms with Crippen molar-refractivity contribution in [2.75, 3.05) is 5.75 Å². The summed E-state index contributed by atoms with van der Waals surface area (Å²) >= 11 is 6.97. The van der Waals surface area contributed by atoms with Crippen molar-refractivity contribution in [2.24, 2.45) is 0 Å². The topological polar surface area (TPSA) is 37.3 Å². The second kappa shape index (κ2) is 5.22. The van der Waals surface area contributed by atoms with Crippen LogP contribution in [0.25, 0.3) is 0 Å². The second-order valence-corrected chi connectivity index (χ2v) is 4.02. The Morgan fingerprint density at radius 3 is 2.86 bits per heavy atom. The van der Waals surface area contributed by atoms with E-state index < -0.39 is 5.97 Å². The Labute approximate surface area is 90.1 Å². The zero-order chi connectivity index (χ0) is 10.6. The normalized spacial score (nSPS) is 10.1. The Bertz CT molecular complexity index is 344. The third kappa shape index (κ3) is 3.55. The molecule has 0 atom stereocenters. The first-order chi connectivity index (χ1) is 6.59. The number of halogens is 2. The van der Waals surface area contributed by atoms with Crippen molar-refractivity contribution in [3.8, 4) is 0 Å². The lowest BCUT2D eigenvalue weighted by Crippen LogP contribution is -1.98. The summed E-state index contributed by atoms with van der Waals surface area (Å²) in [5.74, 6) is -0.755. The van der Waals surface area contributed by atoms with Crippen LogP contribution in [0, 0.1) is 5.82 Å². The van der Waals surface area contributed by atoms with Crippen molar-refractivity contribution in [2.45, 2.75) is 5.75 Å². The number of carboxylic acids is 1. The van der Waals surface area contributed by atoms with Gasteiger partial charge in [0, 0.05) is 10.8 Å². The molecule has 14 heavy (non-hydrogen) atoms. The standard InChI is InChI=1S/C9H8ClFO2S/c10-8-3-7(11)2-1-6(8)4-14-5-9(12)13/h1-3H,4-5H2,(H,12,13). The van der Waals surface area contributed by atoms with Crippen LogP contribution in [0.2, 0.25) is 5.02 Å². The van der Waals surface area contributed by atoms with Crippen molar-refractivity contribution in [1.82, 2.24) is 0 Å². The van der Waals surface area contributed by atoms with Crippen LogP contribution in [-0.2, 0) is 10.5 Å². The third-order valence-electron chi connectivity index (χ3n) is 1.50. The van der Waals surface area contributed by atoms with E-state index in [4.69, 9.17) is 16.7 Å². The summed E-state index contributed by atoms with van der Waals surface area (Å²) in [5, 5.41) is 8.73. The summed E-state index contributed by atoms with van der Waals surface area (Å²) in [6.07, 6.45) is 0. The lowest BCUT2D eigenvalue weighted by atomic mass is 10.2. The van der Waals surface area contributed by atoms with Gasteiger partial charge in [0.05, 0.1) is 5.75 Å². The van der Waals surface area contributed by atoms with Gasteiger partial charge in [-0.1, -0.05) is 17.7 Å². The average molecular weight is 235 g/mol. The number of aliphatic carboxylic acids is 1. The minimum absolute atomic E-state index is 0.0215. The van der Waals surface area contributed by atoms with E-state index >= 15 is 0 Å². The molecule has 1 aromatic carbocycles. The third-order valence-corrected chi connectivity index (χ3v) is 2.82. The molecule has 0 aliphatic rings. The molecule has 0 spiro atoms. The number of benzene rings is 1. The van der Waals surface area contributed by atoms with Gasteiger partial charge in [0.25, 0.3) is 0 Å². The summed E-state index contributed by atoms with van der Waals surface area (Å²) in [6, 6.07) is 4.09. The van der Waals surface area contributed by atoms with Gasteiger partial charge in [-0.3, -0.25) is 4.79 Å². The molecule has 5 heteroatoms. The summed E-state index contributed by atoms with van der Waals surface area (Å²) in [6.45, 7) is 0. The molecule has 76 valence electrons. The number of carbonyl (C=O) groups is 1. The van der Waals surface area contributed by atoms with Crippen LogP contribution in [-0.4, -0.2) is 16.8 Å². The van der Waals surface area contributed by atoms with Gasteiger partial charge in [-0.05, 0) is 17.7 Å². The van der Waals surface area contributed by atoms with Crippen molar-refractivity contribution in [1.29, 1.82) is 0 Å². The van der Waals surface area contributed by atoms with Crippen LogP contribution < -0.4 is 0 Å². The monoisotopic (exact) mass is 234 g/mol. The highest BCUT2D eigenvalue weighted by Gasteiger charge is 2.03. The first kappa shape index (κ1) is 11.3. The molecule has 0 fully saturated rings. The summed E-state index contributed by atoms with van der Waals surface area (Å²) in [5.41, 5.74) is 0.749. The van der Waals surface area contributed by atoms with Crippen LogP contribution in [0.4, 0.5) is 4.39 Å². The van der Waals surface area contributed by atoms with E-state index in [1.165, 1.54) is 23.9 Å². The van der Waals surface area contributed by atoms with E-state index in [0.29, 0.717) is 10.8 Å². The molecule has 0 saturated carbocycles. The maximum absolute atomic E-state index is 12.6. The van der Waals surface area contributed by atoms with E-state index in [2.05, 4.69) is 0 Å². The van der Waals surface area contributed by atoms with Crippen molar-refractivity contribution in [3.05, 3.63) is 34.6 Å². The van der Waals surface area contributed by atoms with Gasteiger partial charge in [-0.15, -0.1) is 11.8 Å². The molecular weight excluding hydrogens is 227 g/mol. The summed E-state index contributed by atoms with van der Waals surface area (Å²) < 4.78 is 12.6. The predicted octanol–water partition coefficient (Wildman–Crippen LogP) is 2.80. The van der Waals surface area contributed by atoms with Crippen LogP contribution in [0.3, 0.4) is 0 Å². The van der Waals surface area contributed by atoms with E-state index in [0.717, 1.165) is 5.56 Å². The van der Waals surface area contributed by atoms with Crippen LogP contribution in [0.15, 0.2) is 18.2 Å². The first-order valence-corrected chi connectivity index (χ1v) is 5.36. The SMILES string of the molecule is O=C(O)CSCc1ccc(F)cc1Cl.